The maximum Gasteiger partial charge on any atom is 0.371 e. The van der Waals surface area contributed by atoms with Crippen molar-refractivity contribution in [2.45, 2.75) is 32.6 Å². The molecule has 0 fully saturated rings. The lowest BCUT2D eigenvalue weighted by molar-refractivity contribution is -0.128. The zero-order valence-corrected chi connectivity index (χ0v) is 15.4. The first-order chi connectivity index (χ1) is 13.5. The molecule has 0 spiro atoms. The summed E-state index contributed by atoms with van der Waals surface area (Å²) in [5, 5.41) is 0. The number of carbonyl (C=O) groups excluding carboxylic acids is 2. The Bertz CT molecular complexity index is 825. The first kappa shape index (κ1) is 24.1. The monoisotopic (exact) mass is 380 g/mol. The van der Waals surface area contributed by atoms with Crippen LogP contribution in [0.4, 0.5) is 0 Å². The van der Waals surface area contributed by atoms with Crippen LogP contribution in [0.3, 0.4) is 0 Å². The molecule has 1 aromatic rings. The summed E-state index contributed by atoms with van der Waals surface area (Å²) in [4.78, 5) is 34.1. The molecule has 28 heavy (non-hydrogen) atoms. The molecule has 10 nitrogen and oxygen atoms in total. The maximum absolute atomic E-state index is 11.6. The van der Waals surface area contributed by atoms with Gasteiger partial charge in [0.2, 0.25) is 11.6 Å². The quantitative estimate of drug-likeness (QED) is 0.260. The number of benzene rings is 1. The van der Waals surface area contributed by atoms with Crippen LogP contribution in [0, 0.1) is 5.92 Å². The van der Waals surface area contributed by atoms with E-state index in [1.165, 1.54) is 0 Å². The summed E-state index contributed by atoms with van der Waals surface area (Å²) in [6, 6.07) is 8.90. The second-order valence-corrected chi connectivity index (χ2v) is 5.48. The van der Waals surface area contributed by atoms with E-state index in [0.717, 1.165) is 24.6 Å². The molecule has 0 heterocycles. The average molecular weight is 380 g/mol. The highest BCUT2D eigenvalue weighted by atomic mass is 16.1. The van der Waals surface area contributed by atoms with E-state index < -0.39 is 17.5 Å². The standard InChI is InChI=1S/C12H10N4O2.C6H10N4/c13-15-7-11(17)10(12(18)8-16-14)6-9-4-2-1-3-5-9;1-2-3-4-6(10-8)5-9-7/h1-5,7-8,10H,6H2;5H,2-4H2,1H3. The summed E-state index contributed by atoms with van der Waals surface area (Å²) in [6.07, 6.45) is 5.22. The SMILES string of the molecule is CCCCC(C=[N+]=[N-])=[N+]=[N-].[N-]=[N+]=CC(=O)C(Cc1ccccc1)C(=O)C=[N+]=[N-]. The lowest BCUT2D eigenvalue weighted by Gasteiger charge is -2.06. The molecule has 0 unspecified atom stereocenters. The van der Waals surface area contributed by atoms with Gasteiger partial charge in [0.1, 0.15) is 5.92 Å². The Morgan fingerprint density at radius 1 is 0.929 bits per heavy atom. The van der Waals surface area contributed by atoms with Crippen molar-refractivity contribution in [3.63, 3.8) is 0 Å². The Morgan fingerprint density at radius 2 is 1.46 bits per heavy atom. The minimum absolute atomic E-state index is 0.149. The van der Waals surface area contributed by atoms with Gasteiger partial charge in [-0.25, -0.2) is 0 Å². The summed E-state index contributed by atoms with van der Waals surface area (Å²) in [5.74, 6) is -2.35. The highest BCUT2D eigenvalue weighted by molar-refractivity contribution is 6.40. The number of nitrogens with zero attached hydrogens (tertiary/aromatic N) is 8. The van der Waals surface area contributed by atoms with Gasteiger partial charge in [0, 0.05) is 0 Å². The predicted octanol–water partition coefficient (Wildman–Crippen LogP) is 1.73. The number of Topliss-reactive ketones (excluding diaryl/α,β-unsaturated/α-hetero) is 2. The second kappa shape index (κ2) is 15.3. The number of rotatable bonds is 10. The Labute approximate surface area is 161 Å². The molecule has 1 rings (SSSR count). The van der Waals surface area contributed by atoms with Crippen LogP contribution < -0.4 is 0 Å². The Morgan fingerprint density at radius 3 is 1.89 bits per heavy atom. The highest BCUT2D eigenvalue weighted by Gasteiger charge is 2.29. The fourth-order valence-electron chi connectivity index (χ4n) is 2.05. The van der Waals surface area contributed by atoms with Crippen molar-refractivity contribution < 1.29 is 28.7 Å². The molecule has 144 valence electrons. The van der Waals surface area contributed by atoms with E-state index in [-0.39, 0.29) is 6.42 Å². The van der Waals surface area contributed by atoms with Gasteiger partial charge in [-0.3, -0.25) is 9.59 Å². The molecule has 0 aliphatic carbocycles. The van der Waals surface area contributed by atoms with Gasteiger partial charge in [0.15, 0.2) is 0 Å². The molecule has 0 atom stereocenters. The summed E-state index contributed by atoms with van der Waals surface area (Å²) in [6.45, 7) is 2.03. The van der Waals surface area contributed by atoms with Crippen molar-refractivity contribution in [3.05, 3.63) is 58.0 Å². The van der Waals surface area contributed by atoms with Crippen molar-refractivity contribution in [1.82, 2.24) is 0 Å². The maximum atomic E-state index is 11.6. The predicted molar refractivity (Wildman–Crippen MR) is 101 cm³/mol. The third-order valence-electron chi connectivity index (χ3n) is 3.46. The Kier molecular flexibility index (Phi) is 13.2. The number of hydrogen-bond acceptors (Lipinski definition) is 2. The van der Waals surface area contributed by atoms with Crippen LogP contribution in [-0.4, -0.2) is 55.1 Å². The van der Waals surface area contributed by atoms with Crippen molar-refractivity contribution in [1.29, 1.82) is 0 Å². The number of ketones is 2. The van der Waals surface area contributed by atoms with Crippen LogP contribution in [0.5, 0.6) is 0 Å². The molecule has 0 saturated heterocycles. The molecule has 0 aromatic heterocycles. The first-order valence-electron chi connectivity index (χ1n) is 8.38. The summed E-state index contributed by atoms with van der Waals surface area (Å²) < 4.78 is 0. The van der Waals surface area contributed by atoms with Crippen molar-refractivity contribution in [3.8, 4) is 0 Å². The lowest BCUT2D eigenvalue weighted by Crippen LogP contribution is -2.28. The van der Waals surface area contributed by atoms with Gasteiger partial charge in [0.05, 0.1) is 6.42 Å². The largest absolute Gasteiger partial charge is 0.371 e. The molecule has 0 radical (unpaired) electrons. The van der Waals surface area contributed by atoms with Gasteiger partial charge in [-0.2, -0.15) is 19.2 Å². The zero-order valence-electron chi connectivity index (χ0n) is 15.4. The van der Waals surface area contributed by atoms with E-state index in [0.29, 0.717) is 24.6 Å². The van der Waals surface area contributed by atoms with Crippen LogP contribution in [0.25, 0.3) is 22.1 Å². The molecule has 0 saturated carbocycles. The van der Waals surface area contributed by atoms with Gasteiger partial charge in [-0.05, 0) is 18.4 Å². The van der Waals surface area contributed by atoms with Gasteiger partial charge in [-0.1, -0.05) is 43.7 Å². The number of carbonyl (C=O) groups is 2. The van der Waals surface area contributed by atoms with Gasteiger partial charge >= 0.3 is 24.4 Å². The normalized spacial score (nSPS) is 9.61. The minimum Gasteiger partial charge on any atom is -0.361 e. The third-order valence-corrected chi connectivity index (χ3v) is 3.46. The zero-order chi connectivity index (χ0) is 21.2. The second-order valence-electron chi connectivity index (χ2n) is 5.48. The molecule has 10 heteroatoms. The van der Waals surface area contributed by atoms with E-state index in [1.54, 1.807) is 24.3 Å². The summed E-state index contributed by atoms with van der Waals surface area (Å²) >= 11 is 0. The molecule has 1 aromatic carbocycles. The van der Waals surface area contributed by atoms with Crippen molar-refractivity contribution in [2.75, 3.05) is 0 Å². The Balaban J connectivity index is 0.000000621. The molecular formula is C18H20N8O2. The van der Waals surface area contributed by atoms with Crippen LogP contribution in [0.1, 0.15) is 31.7 Å². The summed E-state index contributed by atoms with van der Waals surface area (Å²) in [7, 11) is 0. The van der Waals surface area contributed by atoms with E-state index in [4.69, 9.17) is 22.1 Å². The molecular weight excluding hydrogens is 360 g/mol. The van der Waals surface area contributed by atoms with Gasteiger partial charge in [-0.15, -0.1) is 0 Å². The Hall–Kier alpha value is -3.92. The molecule has 0 aliphatic rings. The van der Waals surface area contributed by atoms with E-state index in [2.05, 4.69) is 19.2 Å². The van der Waals surface area contributed by atoms with Crippen molar-refractivity contribution >= 4 is 35.9 Å². The van der Waals surface area contributed by atoms with Crippen LogP contribution >= 0.6 is 0 Å². The van der Waals surface area contributed by atoms with Crippen LogP contribution in [0.2, 0.25) is 0 Å². The topological polar surface area (TPSA) is 180 Å². The average Bonchev–Trinajstić information content (AvgIpc) is 2.71. The van der Waals surface area contributed by atoms with Crippen LogP contribution in [0.15, 0.2) is 30.3 Å². The van der Waals surface area contributed by atoms with E-state index >= 15 is 0 Å². The van der Waals surface area contributed by atoms with Crippen LogP contribution in [-0.2, 0) is 16.0 Å². The van der Waals surface area contributed by atoms with E-state index in [1.807, 2.05) is 13.0 Å². The van der Waals surface area contributed by atoms with Crippen molar-refractivity contribution in [2.24, 2.45) is 5.92 Å². The molecule has 0 N–H and O–H groups in total. The smallest absolute Gasteiger partial charge is 0.361 e. The minimum atomic E-state index is -1.06. The highest BCUT2D eigenvalue weighted by Crippen LogP contribution is 2.09. The van der Waals surface area contributed by atoms with Gasteiger partial charge < -0.3 is 22.1 Å². The van der Waals surface area contributed by atoms with E-state index in [9.17, 15) is 9.59 Å². The first-order valence-corrected chi connectivity index (χ1v) is 8.38. The lowest BCUT2D eigenvalue weighted by atomic mass is 9.92. The number of hydrogen-bond donors (Lipinski definition) is 0. The van der Waals surface area contributed by atoms with Gasteiger partial charge in [0.25, 0.3) is 0 Å². The molecule has 0 amide bonds. The fourth-order valence-corrected chi connectivity index (χ4v) is 2.05. The number of unbranched alkanes of at least 4 members (excludes halogenated alkanes) is 1. The summed E-state index contributed by atoms with van der Waals surface area (Å²) in [5.41, 5.74) is 34.1. The fraction of sp³-hybridized carbons (Fsp3) is 0.333. The molecule has 0 bridgehead atoms. The third kappa shape index (κ3) is 10.2. The molecule has 0 aliphatic heterocycles.